The van der Waals surface area contributed by atoms with Crippen LogP contribution in [-0.4, -0.2) is 28.8 Å². The summed E-state index contributed by atoms with van der Waals surface area (Å²) < 4.78 is 31.3. The molecule has 0 heterocycles. The molecule has 1 N–H and O–H groups in total. The van der Waals surface area contributed by atoms with E-state index in [0.29, 0.717) is 6.42 Å². The van der Waals surface area contributed by atoms with Crippen molar-refractivity contribution in [2.75, 3.05) is 0 Å². The standard InChI is InChI=1S/C19H24F2O2/c1-17-6-3-4-12(17)13-9-15(20)14-8-11(22)5-7-18(14,2)19(13,21)16(23)10-17/h5,7-8,12-13,15-16,23H,3-4,6,9-10H2,1-2H3/t12-,13-,15-,16-,17-,18-,19-/m0/s1. The van der Waals surface area contributed by atoms with E-state index in [1.807, 2.05) is 0 Å². The number of allylic oxidation sites excluding steroid dienone is 4. The molecule has 23 heavy (non-hydrogen) atoms. The molecule has 0 bridgehead atoms. The molecule has 4 aliphatic carbocycles. The summed E-state index contributed by atoms with van der Waals surface area (Å²) in [5, 5.41) is 10.8. The van der Waals surface area contributed by atoms with Crippen LogP contribution in [0.3, 0.4) is 0 Å². The molecule has 4 aliphatic rings. The number of halogens is 2. The van der Waals surface area contributed by atoms with Gasteiger partial charge in [0.1, 0.15) is 6.17 Å². The summed E-state index contributed by atoms with van der Waals surface area (Å²) in [5.74, 6) is -0.675. The van der Waals surface area contributed by atoms with Crippen molar-refractivity contribution in [2.24, 2.45) is 22.7 Å². The number of aliphatic hydroxyl groups excluding tert-OH is 1. The van der Waals surface area contributed by atoms with Crippen molar-refractivity contribution in [2.45, 2.75) is 63.9 Å². The zero-order valence-corrected chi connectivity index (χ0v) is 13.7. The maximum absolute atomic E-state index is 16.4. The Morgan fingerprint density at radius 3 is 2.78 bits per heavy atom. The van der Waals surface area contributed by atoms with Crippen LogP contribution in [0, 0.1) is 22.7 Å². The number of carbonyl (C=O) groups is 1. The first kappa shape index (κ1) is 15.5. The summed E-state index contributed by atoms with van der Waals surface area (Å²) >= 11 is 0. The Morgan fingerprint density at radius 1 is 1.30 bits per heavy atom. The highest BCUT2D eigenvalue weighted by molar-refractivity contribution is 6.01. The number of hydrogen-bond acceptors (Lipinski definition) is 2. The van der Waals surface area contributed by atoms with Gasteiger partial charge in [-0.05, 0) is 61.7 Å². The average molecular weight is 322 g/mol. The molecule has 0 aromatic heterocycles. The van der Waals surface area contributed by atoms with Gasteiger partial charge in [-0.15, -0.1) is 0 Å². The Kier molecular flexibility index (Phi) is 3.05. The summed E-state index contributed by atoms with van der Waals surface area (Å²) in [5.41, 5.74) is -3.00. The predicted molar refractivity (Wildman–Crippen MR) is 83.3 cm³/mol. The lowest BCUT2D eigenvalue weighted by Gasteiger charge is -2.61. The molecule has 0 spiro atoms. The molecule has 4 heteroatoms. The van der Waals surface area contributed by atoms with E-state index in [1.165, 1.54) is 18.2 Å². The second-order valence-electron chi connectivity index (χ2n) is 8.49. The Balaban J connectivity index is 1.87. The fourth-order valence-electron chi connectivity index (χ4n) is 6.21. The Bertz CT molecular complexity index is 627. The molecule has 0 aromatic carbocycles. The lowest BCUT2D eigenvalue weighted by Crippen LogP contribution is -2.67. The first-order valence-corrected chi connectivity index (χ1v) is 8.69. The van der Waals surface area contributed by atoms with E-state index in [-0.39, 0.29) is 29.1 Å². The molecule has 0 saturated heterocycles. The van der Waals surface area contributed by atoms with Crippen LogP contribution in [0.15, 0.2) is 23.8 Å². The van der Waals surface area contributed by atoms with Crippen molar-refractivity contribution in [3.05, 3.63) is 23.8 Å². The molecule has 4 rings (SSSR count). The van der Waals surface area contributed by atoms with Gasteiger partial charge in [0, 0.05) is 11.3 Å². The molecule has 3 saturated carbocycles. The fourth-order valence-corrected chi connectivity index (χ4v) is 6.21. The summed E-state index contributed by atoms with van der Waals surface area (Å²) in [6, 6.07) is 0. The molecular formula is C19H24F2O2. The minimum Gasteiger partial charge on any atom is -0.390 e. The number of rotatable bonds is 0. The minimum atomic E-state index is -1.90. The van der Waals surface area contributed by atoms with Crippen molar-refractivity contribution in [1.82, 2.24) is 0 Å². The molecule has 2 nitrogen and oxygen atoms in total. The normalized spacial score (nSPS) is 55.0. The highest BCUT2D eigenvalue weighted by Gasteiger charge is 2.70. The van der Waals surface area contributed by atoms with Crippen molar-refractivity contribution < 1.29 is 18.7 Å². The van der Waals surface area contributed by atoms with Gasteiger partial charge in [0.15, 0.2) is 11.5 Å². The topological polar surface area (TPSA) is 37.3 Å². The van der Waals surface area contributed by atoms with Gasteiger partial charge in [0.25, 0.3) is 0 Å². The monoisotopic (exact) mass is 322 g/mol. The Morgan fingerprint density at radius 2 is 2.04 bits per heavy atom. The maximum atomic E-state index is 16.4. The van der Waals surface area contributed by atoms with Crippen molar-refractivity contribution in [3.63, 3.8) is 0 Å². The summed E-state index contributed by atoms with van der Waals surface area (Å²) in [6.07, 6.45) is 5.06. The van der Waals surface area contributed by atoms with Crippen LogP contribution in [0.1, 0.15) is 46.0 Å². The second-order valence-corrected chi connectivity index (χ2v) is 8.49. The van der Waals surface area contributed by atoms with Crippen LogP contribution in [0.4, 0.5) is 8.78 Å². The molecule has 0 aliphatic heterocycles. The molecule has 126 valence electrons. The van der Waals surface area contributed by atoms with Crippen LogP contribution in [0.25, 0.3) is 0 Å². The SMILES string of the molecule is C[C@@]12CCC[C@H]1[C@@H]1C[C@H](F)C3=CC(=O)C=C[C@]3(C)[C@@]1(F)[C@@H](O)C2. The van der Waals surface area contributed by atoms with E-state index >= 15 is 4.39 Å². The maximum Gasteiger partial charge on any atom is 0.178 e. The summed E-state index contributed by atoms with van der Waals surface area (Å²) in [7, 11) is 0. The predicted octanol–water partition coefficient (Wildman–Crippen LogP) is 3.70. The Labute approximate surface area is 135 Å². The number of fused-ring (bicyclic) bond motifs is 5. The van der Waals surface area contributed by atoms with Crippen LogP contribution in [0.2, 0.25) is 0 Å². The third kappa shape index (κ3) is 1.73. The zero-order chi connectivity index (χ0) is 16.6. The third-order valence-electron chi connectivity index (χ3n) is 7.40. The number of alkyl halides is 2. The van der Waals surface area contributed by atoms with Gasteiger partial charge in [-0.3, -0.25) is 4.79 Å². The lowest BCUT2D eigenvalue weighted by molar-refractivity contribution is -0.195. The summed E-state index contributed by atoms with van der Waals surface area (Å²) in [6.45, 7) is 3.77. The number of aliphatic hydroxyl groups is 1. The van der Waals surface area contributed by atoms with E-state index in [9.17, 15) is 14.3 Å². The van der Waals surface area contributed by atoms with Crippen LogP contribution in [0.5, 0.6) is 0 Å². The van der Waals surface area contributed by atoms with Gasteiger partial charge in [-0.2, -0.15) is 0 Å². The second kappa shape index (κ2) is 4.53. The van der Waals surface area contributed by atoms with Crippen molar-refractivity contribution in [1.29, 1.82) is 0 Å². The molecule has 7 atom stereocenters. The van der Waals surface area contributed by atoms with Crippen molar-refractivity contribution >= 4 is 5.78 Å². The van der Waals surface area contributed by atoms with Crippen molar-refractivity contribution in [3.8, 4) is 0 Å². The first-order valence-electron chi connectivity index (χ1n) is 8.69. The highest BCUT2D eigenvalue weighted by atomic mass is 19.1. The van der Waals surface area contributed by atoms with Crippen LogP contribution in [-0.2, 0) is 4.79 Å². The van der Waals surface area contributed by atoms with Crippen LogP contribution < -0.4 is 0 Å². The van der Waals surface area contributed by atoms with Gasteiger partial charge in [0.05, 0.1) is 6.10 Å². The van der Waals surface area contributed by atoms with Gasteiger partial charge in [-0.25, -0.2) is 8.78 Å². The lowest BCUT2D eigenvalue weighted by atomic mass is 9.45. The van der Waals surface area contributed by atoms with Gasteiger partial charge >= 0.3 is 0 Å². The van der Waals surface area contributed by atoms with Gasteiger partial charge in [0.2, 0.25) is 0 Å². The molecule has 0 aromatic rings. The van der Waals surface area contributed by atoms with E-state index in [0.717, 1.165) is 19.3 Å². The molecule has 0 radical (unpaired) electrons. The van der Waals surface area contributed by atoms with E-state index < -0.39 is 29.3 Å². The third-order valence-corrected chi connectivity index (χ3v) is 7.40. The largest absolute Gasteiger partial charge is 0.390 e. The van der Waals surface area contributed by atoms with E-state index in [2.05, 4.69) is 6.92 Å². The number of ketones is 1. The quantitative estimate of drug-likeness (QED) is 0.738. The molecule has 0 amide bonds. The van der Waals surface area contributed by atoms with E-state index in [4.69, 9.17) is 0 Å². The van der Waals surface area contributed by atoms with E-state index in [1.54, 1.807) is 6.92 Å². The summed E-state index contributed by atoms with van der Waals surface area (Å²) in [4.78, 5) is 11.7. The molecule has 0 unspecified atom stereocenters. The number of hydrogen-bond donors (Lipinski definition) is 1. The average Bonchev–Trinajstić information content (AvgIpc) is 2.86. The first-order chi connectivity index (χ1) is 10.7. The van der Waals surface area contributed by atoms with Crippen LogP contribution >= 0.6 is 0 Å². The smallest absolute Gasteiger partial charge is 0.178 e. The highest BCUT2D eigenvalue weighted by Crippen LogP contribution is 2.67. The zero-order valence-electron chi connectivity index (χ0n) is 13.7. The van der Waals surface area contributed by atoms with Gasteiger partial charge < -0.3 is 5.11 Å². The minimum absolute atomic E-state index is 0.0797. The molecular weight excluding hydrogens is 298 g/mol. The molecule has 3 fully saturated rings. The Hall–Kier alpha value is -1.03. The van der Waals surface area contributed by atoms with Gasteiger partial charge in [-0.1, -0.05) is 19.4 Å². The number of carbonyl (C=O) groups excluding carboxylic acids is 1. The fraction of sp³-hybridized carbons (Fsp3) is 0.737.